The minimum atomic E-state index is -4.67. The molecule has 0 atom stereocenters. The molecule has 0 aromatic carbocycles. The molecular formula is H6AlNaO4S. The molecule has 0 amide bonds. The third-order valence-electron chi connectivity index (χ3n) is 0. The molecule has 0 fully saturated rings. The molecule has 4 nitrogen and oxygen atoms in total. The fourth-order valence-corrected chi connectivity index (χ4v) is 0. The van der Waals surface area contributed by atoms with Crippen LogP contribution in [0.4, 0.5) is 0 Å². The normalized spacial score (nSPS) is 8.29. The monoisotopic (exact) mass is 152 g/mol. The smallest absolute Gasteiger partial charge is 1.00 e. The Bertz CT molecular complexity index is 99.2. The summed E-state index contributed by atoms with van der Waals surface area (Å²) in [6.45, 7) is 0. The Kier molecular flexibility index (Phi) is 12.5. The summed E-state index contributed by atoms with van der Waals surface area (Å²) in [5.74, 6) is 0. The Labute approximate surface area is 75.8 Å². The van der Waals surface area contributed by atoms with Crippen LogP contribution in [0.3, 0.4) is 0 Å². The summed E-state index contributed by atoms with van der Waals surface area (Å²) in [7, 11) is -4.67. The summed E-state index contributed by atoms with van der Waals surface area (Å²) in [5.41, 5.74) is 0. The van der Waals surface area contributed by atoms with Gasteiger partial charge in [-0.1, -0.05) is 0 Å². The van der Waals surface area contributed by atoms with E-state index in [0.29, 0.717) is 0 Å². The van der Waals surface area contributed by atoms with Crippen molar-refractivity contribution in [3.63, 3.8) is 0 Å². The predicted molar refractivity (Wildman–Crippen MR) is 25.2 cm³/mol. The van der Waals surface area contributed by atoms with E-state index >= 15 is 0 Å². The van der Waals surface area contributed by atoms with Gasteiger partial charge in [0.05, 0.1) is 0 Å². The van der Waals surface area contributed by atoms with Gasteiger partial charge in [-0.25, -0.2) is 0 Å². The third-order valence-corrected chi connectivity index (χ3v) is 0. The van der Waals surface area contributed by atoms with Crippen molar-refractivity contribution in [1.82, 2.24) is 0 Å². The van der Waals surface area contributed by atoms with Crippen LogP contribution in [-0.4, -0.2) is 34.9 Å². The van der Waals surface area contributed by atoms with Gasteiger partial charge in [-0.3, -0.25) is 9.11 Å². The van der Waals surface area contributed by atoms with Gasteiger partial charge in [0.2, 0.25) is 0 Å². The first-order chi connectivity index (χ1) is 2.00. The summed E-state index contributed by atoms with van der Waals surface area (Å²) >= 11 is 0. The Morgan fingerprint density at radius 2 is 1.29 bits per heavy atom. The van der Waals surface area contributed by atoms with Crippen molar-refractivity contribution in [2.45, 2.75) is 0 Å². The molecule has 0 rings (SSSR count). The maximum absolute atomic E-state index is 8.74. The first-order valence-electron chi connectivity index (χ1n) is 0.698. The molecule has 0 bridgehead atoms. The molecule has 0 aliphatic carbocycles. The largest absolute Gasteiger partial charge is 1.00 e. The van der Waals surface area contributed by atoms with Crippen LogP contribution in [0.15, 0.2) is 0 Å². The van der Waals surface area contributed by atoms with Crippen LogP contribution < -0.4 is 29.6 Å². The van der Waals surface area contributed by atoms with Crippen molar-refractivity contribution in [3.8, 4) is 0 Å². The molecule has 2 N–H and O–H groups in total. The van der Waals surface area contributed by atoms with Crippen LogP contribution in [0.1, 0.15) is 1.43 Å². The second kappa shape index (κ2) is 5.54. The number of hydrogen-bond donors (Lipinski definition) is 2. The van der Waals surface area contributed by atoms with Crippen molar-refractivity contribution in [2.24, 2.45) is 0 Å². The van der Waals surface area contributed by atoms with Gasteiger partial charge >= 0.3 is 40.0 Å². The van der Waals surface area contributed by atoms with Gasteiger partial charge in [-0.15, -0.1) is 0 Å². The van der Waals surface area contributed by atoms with E-state index in [0.717, 1.165) is 0 Å². The molecule has 7 heavy (non-hydrogen) atoms. The van der Waals surface area contributed by atoms with E-state index < -0.39 is 10.4 Å². The third kappa shape index (κ3) is 110. The Morgan fingerprint density at radius 1 is 1.29 bits per heavy atom. The van der Waals surface area contributed by atoms with E-state index in [1.54, 1.807) is 0 Å². The summed E-state index contributed by atoms with van der Waals surface area (Å²) in [6, 6.07) is 0. The SMILES string of the molecule is O=S(=O)(O)O.[AlH3].[H-].[Na+]. The van der Waals surface area contributed by atoms with E-state index in [-0.39, 0.29) is 48.3 Å². The van der Waals surface area contributed by atoms with E-state index in [2.05, 4.69) is 0 Å². The molecule has 0 aromatic heterocycles. The van der Waals surface area contributed by atoms with Crippen LogP contribution in [0.25, 0.3) is 0 Å². The molecule has 0 unspecified atom stereocenters. The average Bonchev–Trinajstić information content (AvgIpc) is 0.722. The van der Waals surface area contributed by atoms with Crippen molar-refractivity contribution < 1.29 is 48.5 Å². The van der Waals surface area contributed by atoms with Crippen LogP contribution in [0.5, 0.6) is 0 Å². The molecule has 0 aromatic rings. The van der Waals surface area contributed by atoms with Crippen LogP contribution in [-0.2, 0) is 10.4 Å². The molecule has 0 spiro atoms. The number of hydrogen-bond acceptors (Lipinski definition) is 2. The van der Waals surface area contributed by atoms with Crippen molar-refractivity contribution in [1.29, 1.82) is 0 Å². The van der Waals surface area contributed by atoms with Gasteiger partial charge in [-0.05, 0) is 0 Å². The van der Waals surface area contributed by atoms with E-state index in [1.807, 2.05) is 0 Å². The first kappa shape index (κ1) is 15.8. The standard InChI is InChI=1S/Al.Na.H2O4S.4H/c;;1-5(2,3)4;;;;/h;;(H2,1,2,3,4);;;;/q;+1;;;;;-1. The topological polar surface area (TPSA) is 74.6 Å². The Morgan fingerprint density at radius 3 is 1.29 bits per heavy atom. The zero-order chi connectivity index (χ0) is 4.50. The van der Waals surface area contributed by atoms with Crippen LogP contribution in [0, 0.1) is 0 Å². The zero-order valence-corrected chi connectivity index (χ0v) is 5.94. The molecule has 0 aliphatic heterocycles. The van der Waals surface area contributed by atoms with Crippen molar-refractivity contribution in [3.05, 3.63) is 0 Å². The quantitative estimate of drug-likeness (QED) is 0.270. The molecule has 0 saturated heterocycles. The molecular weight excluding hydrogens is 146 g/mol. The summed E-state index contributed by atoms with van der Waals surface area (Å²) in [6.07, 6.45) is 0. The fourth-order valence-electron chi connectivity index (χ4n) is 0. The fraction of sp³-hybridized carbons (Fsp3) is 0. The van der Waals surface area contributed by atoms with Crippen LogP contribution >= 0.6 is 0 Å². The summed E-state index contributed by atoms with van der Waals surface area (Å²) < 4.78 is 31.6. The minimum Gasteiger partial charge on any atom is -1.00 e. The van der Waals surface area contributed by atoms with Crippen molar-refractivity contribution in [2.75, 3.05) is 0 Å². The van der Waals surface area contributed by atoms with E-state index in [9.17, 15) is 0 Å². The van der Waals surface area contributed by atoms with Gasteiger partial charge < -0.3 is 1.43 Å². The average molecular weight is 152 g/mol. The number of rotatable bonds is 0. The van der Waals surface area contributed by atoms with E-state index in [1.165, 1.54) is 0 Å². The minimum absolute atomic E-state index is 0. The maximum atomic E-state index is 8.74. The molecule has 0 aliphatic rings. The van der Waals surface area contributed by atoms with Gasteiger partial charge in [0.25, 0.3) is 0 Å². The van der Waals surface area contributed by atoms with Crippen molar-refractivity contribution >= 4 is 27.8 Å². The predicted octanol–water partition coefficient (Wildman–Crippen LogP) is -4.72. The zero-order valence-electron chi connectivity index (χ0n) is 4.12. The molecule has 0 heterocycles. The maximum Gasteiger partial charge on any atom is 1.00 e. The van der Waals surface area contributed by atoms with Gasteiger partial charge in [0, 0.05) is 0 Å². The first-order valence-corrected chi connectivity index (χ1v) is 2.10. The van der Waals surface area contributed by atoms with Gasteiger partial charge in [0.15, 0.2) is 17.4 Å². The summed E-state index contributed by atoms with van der Waals surface area (Å²) in [5, 5.41) is 0. The molecule has 0 saturated carbocycles. The van der Waals surface area contributed by atoms with Gasteiger partial charge in [-0.2, -0.15) is 8.42 Å². The molecule has 0 radical (unpaired) electrons. The van der Waals surface area contributed by atoms with Crippen LogP contribution in [0.2, 0.25) is 0 Å². The molecule has 7 heteroatoms. The summed E-state index contributed by atoms with van der Waals surface area (Å²) in [4.78, 5) is 0. The second-order valence-electron chi connectivity index (χ2n) is 0.448. The van der Waals surface area contributed by atoms with Gasteiger partial charge in [0.1, 0.15) is 0 Å². The van der Waals surface area contributed by atoms with E-state index in [4.69, 9.17) is 17.5 Å². The Hall–Kier alpha value is 1.40. The Balaban J connectivity index is -0.0000000267. The second-order valence-corrected chi connectivity index (χ2v) is 1.34. The molecule has 40 valence electrons.